The Hall–Kier alpha value is -2.15. The summed E-state index contributed by atoms with van der Waals surface area (Å²) >= 11 is 0. The van der Waals surface area contributed by atoms with Crippen LogP contribution in [0.4, 0.5) is 0 Å². The highest BCUT2D eigenvalue weighted by Crippen LogP contribution is 2.53. The lowest BCUT2D eigenvalue weighted by atomic mass is 9.78. The normalized spacial score (nSPS) is 38.9. The minimum atomic E-state index is -0.997. The van der Waals surface area contributed by atoms with Gasteiger partial charge in [-0.25, -0.2) is 4.79 Å². The third-order valence-corrected chi connectivity index (χ3v) is 5.79. The van der Waals surface area contributed by atoms with Gasteiger partial charge in [0.15, 0.2) is 0 Å². The second-order valence-electron chi connectivity index (χ2n) is 7.33. The summed E-state index contributed by atoms with van der Waals surface area (Å²) in [6.07, 6.45) is -1.09. The molecule has 1 aliphatic heterocycles. The highest BCUT2D eigenvalue weighted by atomic mass is 16.6. The van der Waals surface area contributed by atoms with Crippen LogP contribution in [0.1, 0.15) is 26.7 Å². The molecule has 3 fully saturated rings. The molecule has 0 aromatic carbocycles. The minimum Gasteiger partial charge on any atom is -0.465 e. The molecule has 0 spiro atoms. The van der Waals surface area contributed by atoms with Gasteiger partial charge in [-0.15, -0.1) is 0 Å². The molecular formula is C19H24O7. The molecule has 3 rings (SSSR count). The average Bonchev–Trinajstić information content (AvgIpc) is 2.92. The van der Waals surface area contributed by atoms with Crippen molar-refractivity contribution in [2.24, 2.45) is 23.7 Å². The number of aliphatic hydroxyl groups is 1. The summed E-state index contributed by atoms with van der Waals surface area (Å²) in [5.74, 6) is -2.90. The van der Waals surface area contributed by atoms with Crippen LogP contribution in [0.2, 0.25) is 0 Å². The molecule has 0 amide bonds. The number of carbonyl (C=O) groups is 3. The summed E-state index contributed by atoms with van der Waals surface area (Å²) in [4.78, 5) is 34.9. The van der Waals surface area contributed by atoms with Gasteiger partial charge in [-0.05, 0) is 12.8 Å². The van der Waals surface area contributed by atoms with E-state index in [1.165, 1.54) is 13.8 Å². The molecule has 7 nitrogen and oxygen atoms in total. The lowest BCUT2D eigenvalue weighted by Gasteiger charge is -2.30. The number of aliphatic hydroxyl groups excluding tert-OH is 1. The Morgan fingerprint density at radius 2 is 1.96 bits per heavy atom. The van der Waals surface area contributed by atoms with Gasteiger partial charge in [-0.3, -0.25) is 9.59 Å². The molecule has 0 radical (unpaired) electrons. The van der Waals surface area contributed by atoms with E-state index in [0.29, 0.717) is 18.4 Å². The Kier molecular flexibility index (Phi) is 4.92. The fourth-order valence-corrected chi connectivity index (χ4v) is 4.72. The topological polar surface area (TPSA) is 99.1 Å². The number of carbonyl (C=O) groups excluding carboxylic acids is 3. The smallest absolute Gasteiger partial charge is 0.334 e. The van der Waals surface area contributed by atoms with E-state index in [4.69, 9.17) is 14.2 Å². The summed E-state index contributed by atoms with van der Waals surface area (Å²) < 4.78 is 16.1. The Labute approximate surface area is 152 Å². The van der Waals surface area contributed by atoms with Crippen LogP contribution in [-0.2, 0) is 28.6 Å². The molecule has 2 aliphatic carbocycles. The zero-order valence-corrected chi connectivity index (χ0v) is 15.0. The van der Waals surface area contributed by atoms with Crippen LogP contribution in [-0.4, -0.2) is 47.9 Å². The summed E-state index contributed by atoms with van der Waals surface area (Å²) in [6, 6.07) is 0. The maximum absolute atomic E-state index is 12.1. The lowest BCUT2D eigenvalue weighted by Crippen LogP contribution is -2.38. The van der Waals surface area contributed by atoms with E-state index < -0.39 is 48.1 Å². The summed E-state index contributed by atoms with van der Waals surface area (Å²) in [5, 5.41) is 10.9. The molecule has 0 aromatic rings. The number of hydrogen-bond donors (Lipinski definition) is 1. The fourth-order valence-electron chi connectivity index (χ4n) is 4.72. The second kappa shape index (κ2) is 6.87. The van der Waals surface area contributed by atoms with Crippen molar-refractivity contribution in [3.05, 3.63) is 24.3 Å². The molecular weight excluding hydrogens is 340 g/mol. The monoisotopic (exact) mass is 364 g/mol. The molecule has 26 heavy (non-hydrogen) atoms. The Bertz CT molecular complexity index is 667. The maximum atomic E-state index is 12.1. The van der Waals surface area contributed by atoms with E-state index in [1.807, 2.05) is 0 Å². The van der Waals surface area contributed by atoms with Crippen LogP contribution >= 0.6 is 0 Å². The van der Waals surface area contributed by atoms with E-state index in [0.717, 1.165) is 5.57 Å². The Morgan fingerprint density at radius 3 is 2.58 bits per heavy atom. The molecule has 0 aromatic heterocycles. The van der Waals surface area contributed by atoms with E-state index in [2.05, 4.69) is 13.2 Å². The first-order valence-electron chi connectivity index (χ1n) is 8.78. The molecule has 3 aliphatic rings. The first kappa shape index (κ1) is 18.6. The zero-order chi connectivity index (χ0) is 19.2. The fraction of sp³-hybridized carbons (Fsp3) is 0.632. The van der Waals surface area contributed by atoms with Crippen molar-refractivity contribution in [1.82, 2.24) is 0 Å². The van der Waals surface area contributed by atoms with Crippen LogP contribution in [0.15, 0.2) is 24.3 Å². The molecule has 1 saturated heterocycles. The summed E-state index contributed by atoms with van der Waals surface area (Å²) in [6.45, 7) is 10.5. The average molecular weight is 364 g/mol. The van der Waals surface area contributed by atoms with Gasteiger partial charge in [-0.1, -0.05) is 18.7 Å². The number of esters is 3. The quantitative estimate of drug-likeness (QED) is 0.347. The third-order valence-electron chi connectivity index (χ3n) is 5.79. The summed E-state index contributed by atoms with van der Waals surface area (Å²) in [7, 11) is 0. The van der Waals surface area contributed by atoms with Crippen molar-refractivity contribution in [3.8, 4) is 0 Å². The second-order valence-corrected chi connectivity index (χ2v) is 7.33. The molecule has 1 N–H and O–H groups in total. The number of fused-ring (bicyclic) bond motifs is 3. The molecule has 2 saturated carbocycles. The highest BCUT2D eigenvalue weighted by Gasteiger charge is 2.60. The molecule has 142 valence electrons. The van der Waals surface area contributed by atoms with Crippen molar-refractivity contribution in [3.63, 3.8) is 0 Å². The van der Waals surface area contributed by atoms with E-state index >= 15 is 0 Å². The van der Waals surface area contributed by atoms with Gasteiger partial charge in [0.25, 0.3) is 0 Å². The Morgan fingerprint density at radius 1 is 1.27 bits per heavy atom. The highest BCUT2D eigenvalue weighted by molar-refractivity contribution is 5.90. The van der Waals surface area contributed by atoms with Crippen molar-refractivity contribution in [1.29, 1.82) is 0 Å². The minimum absolute atomic E-state index is 0.0357. The van der Waals surface area contributed by atoms with Gasteiger partial charge in [0.2, 0.25) is 0 Å². The van der Waals surface area contributed by atoms with Crippen LogP contribution in [0.25, 0.3) is 0 Å². The van der Waals surface area contributed by atoms with Crippen molar-refractivity contribution >= 4 is 17.9 Å². The van der Waals surface area contributed by atoms with E-state index in [1.54, 1.807) is 0 Å². The van der Waals surface area contributed by atoms with Crippen molar-refractivity contribution in [2.75, 3.05) is 6.61 Å². The largest absolute Gasteiger partial charge is 0.465 e. The SMILES string of the molecule is C=C1C(=O)OC2C1CCC(=C)C1C(O)C(OC(C)=O)C(COC(C)=O)C21. The molecule has 1 heterocycles. The Balaban J connectivity index is 2.00. The first-order valence-corrected chi connectivity index (χ1v) is 8.78. The number of hydrogen-bond acceptors (Lipinski definition) is 7. The van der Waals surface area contributed by atoms with Gasteiger partial charge in [0.05, 0.1) is 12.7 Å². The van der Waals surface area contributed by atoms with Gasteiger partial charge in [-0.2, -0.15) is 0 Å². The zero-order valence-electron chi connectivity index (χ0n) is 15.0. The molecule has 7 unspecified atom stereocenters. The van der Waals surface area contributed by atoms with Crippen molar-refractivity contribution in [2.45, 2.75) is 45.0 Å². The van der Waals surface area contributed by atoms with Crippen LogP contribution in [0, 0.1) is 23.7 Å². The van der Waals surface area contributed by atoms with E-state index in [9.17, 15) is 19.5 Å². The van der Waals surface area contributed by atoms with Gasteiger partial charge >= 0.3 is 17.9 Å². The maximum Gasteiger partial charge on any atom is 0.334 e. The standard InChI is InChI=1S/C19H24O7/c1-8-5-6-12-9(2)19(23)26-17(12)15-13(7-24-10(3)20)18(25-11(4)21)16(22)14(8)15/h12-18,22H,1-2,5-7H2,3-4H3. The predicted molar refractivity (Wildman–Crippen MR) is 89.5 cm³/mol. The summed E-state index contributed by atoms with van der Waals surface area (Å²) in [5.41, 5.74) is 1.24. The third kappa shape index (κ3) is 3.05. The number of ether oxygens (including phenoxy) is 3. The van der Waals surface area contributed by atoms with E-state index in [-0.39, 0.29) is 18.4 Å². The van der Waals surface area contributed by atoms with Gasteiger partial charge < -0.3 is 19.3 Å². The van der Waals surface area contributed by atoms with Crippen molar-refractivity contribution < 1.29 is 33.7 Å². The lowest BCUT2D eigenvalue weighted by molar-refractivity contribution is -0.159. The molecule has 7 atom stereocenters. The van der Waals surface area contributed by atoms with Crippen LogP contribution in [0.3, 0.4) is 0 Å². The predicted octanol–water partition coefficient (Wildman–Crippen LogP) is 1.15. The van der Waals surface area contributed by atoms with Crippen LogP contribution < -0.4 is 0 Å². The van der Waals surface area contributed by atoms with Gasteiger partial charge in [0.1, 0.15) is 12.2 Å². The number of rotatable bonds is 3. The molecule has 7 heteroatoms. The first-order chi connectivity index (χ1) is 12.2. The molecule has 0 bridgehead atoms. The van der Waals surface area contributed by atoms with Gasteiger partial charge in [0, 0.05) is 43.1 Å². The van der Waals surface area contributed by atoms with Crippen LogP contribution in [0.5, 0.6) is 0 Å².